The average molecular weight is 887 g/mol. The molecule has 0 bridgehead atoms. The zero-order chi connectivity index (χ0) is 44.8. The molecule has 5 rings (SSSR count). The lowest BCUT2D eigenvalue weighted by molar-refractivity contribution is -0.140. The van der Waals surface area contributed by atoms with Gasteiger partial charge in [0.05, 0.1) is 46.6 Å². The fourth-order valence-corrected chi connectivity index (χ4v) is 8.52. The van der Waals surface area contributed by atoms with Crippen LogP contribution in [0.4, 0.5) is 23.0 Å². The van der Waals surface area contributed by atoms with Gasteiger partial charge in [0.2, 0.25) is 5.91 Å². The van der Waals surface area contributed by atoms with Crippen LogP contribution in [-0.4, -0.2) is 97.6 Å². The number of aromatic nitrogens is 2. The maximum atomic E-state index is 14.4. The second-order valence-corrected chi connectivity index (χ2v) is 17.3. The number of ether oxygens (including phenoxy) is 1. The van der Waals surface area contributed by atoms with Crippen LogP contribution in [0.15, 0.2) is 54.9 Å². The van der Waals surface area contributed by atoms with Crippen molar-refractivity contribution in [2.24, 2.45) is 0 Å². The van der Waals surface area contributed by atoms with Gasteiger partial charge in [0, 0.05) is 62.3 Å². The standard InChI is InChI=1S/C43H50ClF3N6O7S/c1-7-29(8-2)51(19-18-50(6)35(54)14-15-36(55)56)23-26-10-9-11-27(20-26)39(58)49-40-37(31-16-17-52(25-34(31)61-40)41(59)60-42(3,4)5)38(57)28-22-48-53(24-28)30-12-13-33(44)32(21-30)43(45,46)47/h9-13,20-22,24,29H,7-8,14-19,23,25H2,1-6H3,(H,49,58)(H,55,56). The van der Waals surface area contributed by atoms with Gasteiger partial charge in [-0.2, -0.15) is 18.3 Å². The molecule has 0 spiro atoms. The Hall–Kier alpha value is -5.26. The van der Waals surface area contributed by atoms with Crippen LogP contribution in [0.25, 0.3) is 5.69 Å². The molecule has 2 N–H and O–H groups in total. The third-order valence-corrected chi connectivity index (χ3v) is 11.7. The fraction of sp³-hybridized carbons (Fsp3) is 0.442. The van der Waals surface area contributed by atoms with Gasteiger partial charge in [-0.05, 0) is 81.5 Å². The van der Waals surface area contributed by atoms with E-state index in [0.29, 0.717) is 35.6 Å². The van der Waals surface area contributed by atoms with Crippen molar-refractivity contribution in [3.05, 3.63) is 98.1 Å². The number of rotatable bonds is 16. The molecular formula is C43H50ClF3N6O7S. The number of alkyl halides is 3. The van der Waals surface area contributed by atoms with E-state index in [9.17, 15) is 37.1 Å². The topological polar surface area (TPSA) is 154 Å². The maximum absolute atomic E-state index is 14.4. The van der Waals surface area contributed by atoms with Gasteiger partial charge in [-0.3, -0.25) is 24.1 Å². The van der Waals surface area contributed by atoms with E-state index in [0.717, 1.165) is 46.6 Å². The Morgan fingerprint density at radius 2 is 1.74 bits per heavy atom. The summed E-state index contributed by atoms with van der Waals surface area (Å²) in [4.78, 5) is 71.0. The Labute approximate surface area is 361 Å². The van der Waals surface area contributed by atoms with Crippen LogP contribution in [0.3, 0.4) is 0 Å². The van der Waals surface area contributed by atoms with E-state index < -0.39 is 46.1 Å². The Kier molecular flexibility index (Phi) is 15.1. The summed E-state index contributed by atoms with van der Waals surface area (Å²) in [7, 11) is 1.65. The summed E-state index contributed by atoms with van der Waals surface area (Å²) < 4.78 is 47.7. The minimum absolute atomic E-state index is 0.0311. The Morgan fingerprint density at radius 3 is 2.39 bits per heavy atom. The number of likely N-dealkylation sites (N-methyl/N-ethyl adjacent to an activating group) is 1. The second kappa shape index (κ2) is 19.6. The monoisotopic (exact) mass is 886 g/mol. The molecule has 2 aromatic carbocycles. The van der Waals surface area contributed by atoms with Crippen LogP contribution in [0, 0.1) is 0 Å². The van der Waals surface area contributed by atoms with Crippen molar-refractivity contribution in [2.45, 2.75) is 97.6 Å². The van der Waals surface area contributed by atoms with Gasteiger partial charge < -0.3 is 25.0 Å². The molecular weight excluding hydrogens is 837 g/mol. The highest BCUT2D eigenvalue weighted by atomic mass is 35.5. The maximum Gasteiger partial charge on any atom is 0.417 e. The zero-order valence-electron chi connectivity index (χ0n) is 34.9. The lowest BCUT2D eigenvalue weighted by atomic mass is 9.97. The van der Waals surface area contributed by atoms with Crippen molar-refractivity contribution >= 4 is 57.6 Å². The van der Waals surface area contributed by atoms with Crippen LogP contribution >= 0.6 is 22.9 Å². The first-order valence-electron chi connectivity index (χ1n) is 19.9. The van der Waals surface area contributed by atoms with E-state index in [1.807, 2.05) is 6.07 Å². The SMILES string of the molecule is CCC(CC)N(CCN(C)C(=O)CCC(=O)O)Cc1cccc(C(=O)Nc2sc3c(c2C(=O)c2cnn(-c4ccc(Cl)c(C(F)(F)F)c4)c2)CCN(C(=O)OC(C)(C)C)C3)c1. The van der Waals surface area contributed by atoms with Gasteiger partial charge in [0.15, 0.2) is 5.78 Å². The first-order chi connectivity index (χ1) is 28.7. The number of halogens is 4. The summed E-state index contributed by atoms with van der Waals surface area (Å²) in [6.45, 7) is 11.1. The number of carbonyl (C=O) groups is 5. The fourth-order valence-electron chi connectivity index (χ4n) is 7.04. The van der Waals surface area contributed by atoms with E-state index >= 15 is 0 Å². The first-order valence-corrected chi connectivity index (χ1v) is 21.1. The van der Waals surface area contributed by atoms with Crippen LogP contribution in [0.1, 0.15) is 108 Å². The largest absolute Gasteiger partial charge is 0.481 e. The Morgan fingerprint density at radius 1 is 1.02 bits per heavy atom. The first kappa shape index (κ1) is 46.8. The highest BCUT2D eigenvalue weighted by Crippen LogP contribution is 2.40. The number of benzene rings is 2. The summed E-state index contributed by atoms with van der Waals surface area (Å²) in [6.07, 6.45) is -1.07. The van der Waals surface area contributed by atoms with E-state index in [-0.39, 0.29) is 66.1 Å². The number of hydrogen-bond donors (Lipinski definition) is 2. The van der Waals surface area contributed by atoms with Gasteiger partial charge in [0.1, 0.15) is 10.6 Å². The molecule has 0 saturated carbocycles. The van der Waals surface area contributed by atoms with Crippen LogP contribution in [0.2, 0.25) is 5.02 Å². The molecule has 3 heterocycles. The van der Waals surface area contributed by atoms with E-state index in [1.165, 1.54) is 28.3 Å². The highest BCUT2D eigenvalue weighted by Gasteiger charge is 2.35. The number of fused-ring (bicyclic) bond motifs is 1. The Balaban J connectivity index is 1.43. The van der Waals surface area contributed by atoms with E-state index in [1.54, 1.807) is 46.0 Å². The van der Waals surface area contributed by atoms with E-state index in [2.05, 4.69) is 29.2 Å². The van der Waals surface area contributed by atoms with Crippen molar-refractivity contribution in [1.82, 2.24) is 24.5 Å². The predicted molar refractivity (Wildman–Crippen MR) is 225 cm³/mol. The number of aliphatic carboxylic acids is 1. The van der Waals surface area contributed by atoms with Crippen LogP contribution in [-0.2, 0) is 40.0 Å². The third-order valence-electron chi connectivity index (χ3n) is 10.3. The molecule has 0 atom stereocenters. The van der Waals surface area contributed by atoms with Crippen molar-refractivity contribution in [3.63, 3.8) is 0 Å². The molecule has 18 heteroatoms. The molecule has 4 aromatic rings. The van der Waals surface area contributed by atoms with E-state index in [4.69, 9.17) is 21.4 Å². The molecule has 0 unspecified atom stereocenters. The molecule has 1 aliphatic rings. The van der Waals surface area contributed by atoms with Crippen LogP contribution in [0.5, 0.6) is 0 Å². The zero-order valence-corrected chi connectivity index (χ0v) is 36.5. The van der Waals surface area contributed by atoms with Crippen molar-refractivity contribution in [2.75, 3.05) is 32.0 Å². The minimum Gasteiger partial charge on any atom is -0.481 e. The predicted octanol–water partition coefficient (Wildman–Crippen LogP) is 8.70. The molecule has 1 aliphatic heterocycles. The molecule has 3 amide bonds. The van der Waals surface area contributed by atoms with Gasteiger partial charge in [-0.1, -0.05) is 37.6 Å². The Bertz CT molecular complexity index is 2270. The van der Waals surface area contributed by atoms with Gasteiger partial charge in [0.25, 0.3) is 5.91 Å². The molecule has 328 valence electrons. The third kappa shape index (κ3) is 12.0. The normalized spacial score (nSPS) is 13.0. The van der Waals surface area contributed by atoms with Crippen molar-refractivity contribution < 1.29 is 47.0 Å². The van der Waals surface area contributed by atoms with Crippen molar-refractivity contribution in [1.29, 1.82) is 0 Å². The number of thiophene rings is 1. The second-order valence-electron chi connectivity index (χ2n) is 15.8. The number of amides is 3. The lowest BCUT2D eigenvalue weighted by Crippen LogP contribution is -2.41. The number of carboxylic acid groups (broad SMARTS) is 1. The van der Waals surface area contributed by atoms with Gasteiger partial charge in [-0.25, -0.2) is 9.48 Å². The summed E-state index contributed by atoms with van der Waals surface area (Å²) in [6, 6.07) is 10.5. The summed E-state index contributed by atoms with van der Waals surface area (Å²) >= 11 is 6.99. The van der Waals surface area contributed by atoms with Crippen LogP contribution < -0.4 is 5.32 Å². The summed E-state index contributed by atoms with van der Waals surface area (Å²) in [5.74, 6) is -2.30. The molecule has 2 aromatic heterocycles. The molecule has 0 saturated heterocycles. The summed E-state index contributed by atoms with van der Waals surface area (Å²) in [5, 5.41) is 15.9. The molecule has 13 nitrogen and oxygen atoms in total. The number of nitrogens with zero attached hydrogens (tertiary/aromatic N) is 5. The smallest absolute Gasteiger partial charge is 0.417 e. The number of hydrogen-bond acceptors (Lipinski definition) is 9. The van der Waals surface area contributed by atoms with Gasteiger partial charge >= 0.3 is 18.2 Å². The summed E-state index contributed by atoms with van der Waals surface area (Å²) in [5.41, 5.74) is 0.276. The molecule has 0 radical (unpaired) electrons. The molecule has 0 fully saturated rings. The quantitative estimate of drug-likeness (QED) is 0.105. The number of carboxylic acids is 1. The number of anilines is 1. The van der Waals surface area contributed by atoms with Crippen molar-refractivity contribution in [3.8, 4) is 5.69 Å². The number of nitrogens with one attached hydrogen (secondary N) is 1. The number of carbonyl (C=O) groups excluding carboxylic acids is 4. The highest BCUT2D eigenvalue weighted by molar-refractivity contribution is 7.17. The number of ketones is 1. The minimum atomic E-state index is -4.72. The average Bonchev–Trinajstić information content (AvgIpc) is 3.83. The molecule has 61 heavy (non-hydrogen) atoms. The lowest BCUT2D eigenvalue weighted by Gasteiger charge is -2.32. The molecule has 0 aliphatic carbocycles. The van der Waals surface area contributed by atoms with Gasteiger partial charge in [-0.15, -0.1) is 11.3 Å².